The van der Waals surface area contributed by atoms with E-state index >= 15 is 0 Å². The van der Waals surface area contributed by atoms with Gasteiger partial charge in [0, 0.05) is 6.08 Å². The number of hydrogen-bond donors (Lipinski definition) is 1. The Morgan fingerprint density at radius 1 is 1.15 bits per heavy atom. The van der Waals surface area contributed by atoms with E-state index in [0.29, 0.717) is 23.7 Å². The fourth-order valence-electron chi connectivity index (χ4n) is 7.68. The fraction of sp³-hybridized carbons (Fsp3) is 0.864. The monoisotopic (exact) mass is 427 g/mol. The van der Waals surface area contributed by atoms with E-state index in [-0.39, 0.29) is 75.6 Å². The van der Waals surface area contributed by atoms with Gasteiger partial charge in [0.05, 0.1) is 11.7 Å². The number of hydrogen-bond acceptors (Lipinski definition) is 3. The van der Waals surface area contributed by atoms with Crippen LogP contribution in [0.15, 0.2) is 11.6 Å². The molecule has 7 atom stereocenters. The van der Waals surface area contributed by atoms with Gasteiger partial charge in [0.1, 0.15) is 0 Å². The Hall–Kier alpha value is 0.955. The van der Waals surface area contributed by atoms with Gasteiger partial charge in [0.25, 0.3) is 0 Å². The first-order valence-corrected chi connectivity index (χ1v) is 10.3. The van der Waals surface area contributed by atoms with Crippen LogP contribution in [0.4, 0.5) is 0 Å². The summed E-state index contributed by atoms with van der Waals surface area (Å²) < 4.78 is 0. The zero-order valence-corrected chi connectivity index (χ0v) is 21.7. The molecule has 26 heavy (non-hydrogen) atoms. The molecular formula is C22H32NO2Rb. The van der Waals surface area contributed by atoms with Crippen LogP contribution in [0.2, 0.25) is 0 Å². The van der Waals surface area contributed by atoms with E-state index in [1.165, 1.54) is 18.4 Å². The zero-order valence-electron chi connectivity index (χ0n) is 16.8. The van der Waals surface area contributed by atoms with Gasteiger partial charge in [-0.3, -0.25) is 0 Å². The number of allylic oxidation sites excluding steroid dienone is 2. The van der Waals surface area contributed by atoms with Crippen LogP contribution in [0.25, 0.3) is 0 Å². The molecule has 0 unspecified atom stereocenters. The molecule has 0 aliphatic heterocycles. The first-order valence-electron chi connectivity index (χ1n) is 10.3. The predicted molar refractivity (Wildman–Crippen MR) is 95.2 cm³/mol. The van der Waals surface area contributed by atoms with Gasteiger partial charge in [0.15, 0.2) is 0 Å². The zero-order chi connectivity index (χ0) is 17.9. The topological polar surface area (TPSA) is 67.1 Å². The normalized spacial score (nSPS) is 51.6. The second kappa shape index (κ2) is 7.65. The molecule has 1 N–H and O–H groups in total. The molecule has 4 aliphatic carbocycles. The molecule has 0 amide bonds. The van der Waals surface area contributed by atoms with E-state index < -0.39 is 5.60 Å². The van der Waals surface area contributed by atoms with Gasteiger partial charge < -0.3 is 10.2 Å². The van der Waals surface area contributed by atoms with Gasteiger partial charge in [-0.15, -0.1) is 6.61 Å². The predicted octanol–water partition coefficient (Wildman–Crippen LogP) is 0.574. The Morgan fingerprint density at radius 2 is 1.92 bits per heavy atom. The summed E-state index contributed by atoms with van der Waals surface area (Å²) >= 11 is 0. The third kappa shape index (κ3) is 3.19. The molecule has 0 saturated heterocycles. The van der Waals surface area contributed by atoms with Crippen LogP contribution in [0.3, 0.4) is 0 Å². The summed E-state index contributed by atoms with van der Waals surface area (Å²) in [4.78, 5) is 0. The van der Waals surface area contributed by atoms with Gasteiger partial charge in [-0.1, -0.05) is 12.5 Å². The van der Waals surface area contributed by atoms with Crippen molar-refractivity contribution in [2.45, 2.75) is 77.2 Å². The second-order valence-electron chi connectivity index (χ2n) is 10.0. The van der Waals surface area contributed by atoms with E-state index in [0.717, 1.165) is 44.9 Å². The Balaban J connectivity index is 0.00000196. The van der Waals surface area contributed by atoms with Crippen molar-refractivity contribution in [1.82, 2.24) is 0 Å². The summed E-state index contributed by atoms with van der Waals surface area (Å²) in [5.41, 5.74) is 0.903. The fourth-order valence-corrected chi connectivity index (χ4v) is 7.68. The van der Waals surface area contributed by atoms with Crippen molar-refractivity contribution in [3.63, 3.8) is 0 Å². The number of nitriles is 1. The summed E-state index contributed by atoms with van der Waals surface area (Å²) in [5, 5.41) is 32.2. The van der Waals surface area contributed by atoms with Crippen LogP contribution < -0.4 is 63.3 Å². The van der Waals surface area contributed by atoms with Crippen molar-refractivity contribution in [2.75, 3.05) is 6.61 Å². The third-order valence-corrected chi connectivity index (χ3v) is 9.01. The van der Waals surface area contributed by atoms with Gasteiger partial charge >= 0.3 is 58.2 Å². The molecule has 138 valence electrons. The average Bonchev–Trinajstić information content (AvgIpc) is 2.91. The Labute approximate surface area is 207 Å². The summed E-state index contributed by atoms with van der Waals surface area (Å²) in [5.74, 6) is 2.25. The van der Waals surface area contributed by atoms with E-state index in [4.69, 9.17) is 5.26 Å². The molecule has 4 aliphatic rings. The van der Waals surface area contributed by atoms with E-state index in [1.807, 2.05) is 13.0 Å². The number of rotatable bonds is 1. The minimum absolute atomic E-state index is 0. The first-order chi connectivity index (χ1) is 11.9. The van der Waals surface area contributed by atoms with Crippen LogP contribution in [0.1, 0.15) is 71.6 Å². The van der Waals surface area contributed by atoms with Crippen LogP contribution in [0.5, 0.6) is 0 Å². The van der Waals surface area contributed by atoms with Crippen LogP contribution in [0, 0.1) is 45.8 Å². The molecule has 3 nitrogen and oxygen atoms in total. The molecule has 4 heteroatoms. The summed E-state index contributed by atoms with van der Waals surface area (Å²) in [6.45, 7) is 4.38. The largest absolute Gasteiger partial charge is 1.00 e. The summed E-state index contributed by atoms with van der Waals surface area (Å²) in [7, 11) is 0. The van der Waals surface area contributed by atoms with Gasteiger partial charge in [-0.05, 0) is 99.2 Å². The molecule has 0 aromatic rings. The van der Waals surface area contributed by atoms with Crippen molar-refractivity contribution in [3.8, 4) is 6.07 Å². The van der Waals surface area contributed by atoms with Gasteiger partial charge in [-0.25, -0.2) is 0 Å². The summed E-state index contributed by atoms with van der Waals surface area (Å²) in [6.07, 6.45) is 11.2. The van der Waals surface area contributed by atoms with Gasteiger partial charge in [0.2, 0.25) is 0 Å². The van der Waals surface area contributed by atoms with Gasteiger partial charge in [-0.2, -0.15) is 5.26 Å². The van der Waals surface area contributed by atoms with Crippen molar-refractivity contribution in [3.05, 3.63) is 11.6 Å². The quantitative estimate of drug-likeness (QED) is 0.622. The van der Waals surface area contributed by atoms with E-state index in [9.17, 15) is 10.2 Å². The second-order valence-corrected chi connectivity index (χ2v) is 10.0. The maximum Gasteiger partial charge on any atom is 1.00 e. The standard InChI is InChI=1S/C22H32NO2.Rb/c1-20(25)10-11-22(14-24)16(13-20)3-5-17-18-6-4-15(8-12-23)21(18,2)9-7-19(17)22;/h8,16-19,25H,3-7,9-11,13-14H2,1-2H3;/q-1;+1/b15-8-;/t16-,17-,18-,19-,20+,21+,22+;/m0./s1. The Kier molecular flexibility index (Phi) is 6.38. The molecule has 0 spiro atoms. The maximum atomic E-state index is 12.5. The summed E-state index contributed by atoms with van der Waals surface area (Å²) in [6, 6.07) is 2.27. The van der Waals surface area contributed by atoms with Crippen molar-refractivity contribution in [1.29, 1.82) is 5.26 Å². The van der Waals surface area contributed by atoms with Crippen molar-refractivity contribution in [2.24, 2.45) is 34.5 Å². The molecular weight excluding hydrogens is 396 g/mol. The molecule has 0 aromatic carbocycles. The minimum Gasteiger partial charge on any atom is -0.854 e. The molecule has 4 rings (SSSR count). The van der Waals surface area contributed by atoms with Crippen LogP contribution in [-0.4, -0.2) is 17.3 Å². The van der Waals surface area contributed by atoms with Crippen LogP contribution >= 0.6 is 0 Å². The van der Waals surface area contributed by atoms with Crippen molar-refractivity contribution >= 4 is 0 Å². The van der Waals surface area contributed by atoms with Crippen molar-refractivity contribution < 1.29 is 68.4 Å². The molecule has 4 saturated carbocycles. The maximum absolute atomic E-state index is 12.5. The van der Waals surface area contributed by atoms with Crippen LogP contribution in [-0.2, 0) is 0 Å². The SMILES string of the molecule is C[C@@]1(O)CC[C@@]2(C[O-])[C@@H](CC[C@@H]3[C@@H]2CC[C@]2(C)/C(=C\C#N)CC[C@@H]32)C1.[Rb+]. The molecule has 0 bridgehead atoms. The van der Waals surface area contributed by atoms with E-state index in [1.54, 1.807) is 0 Å². The molecule has 4 fully saturated rings. The first kappa shape index (κ1) is 21.7. The smallest absolute Gasteiger partial charge is 0.854 e. The molecule has 0 aromatic heterocycles. The number of nitrogens with zero attached hydrogens (tertiary/aromatic N) is 1. The Bertz CT molecular complexity index is 624. The minimum atomic E-state index is -0.574. The Morgan fingerprint density at radius 3 is 2.62 bits per heavy atom. The van der Waals surface area contributed by atoms with E-state index in [2.05, 4.69) is 13.0 Å². The number of aliphatic hydroxyl groups is 1. The number of fused-ring (bicyclic) bond motifs is 5. The molecule has 0 heterocycles. The molecule has 0 radical (unpaired) electrons. The average molecular weight is 428 g/mol. The third-order valence-electron chi connectivity index (χ3n) is 9.01.